The molecule has 0 bridgehead atoms. The quantitative estimate of drug-likeness (QED) is 0.354. The number of hydrogen-bond acceptors (Lipinski definition) is 5. The Bertz CT molecular complexity index is 1170. The Hall–Kier alpha value is -2.90. The lowest BCUT2D eigenvalue weighted by atomic mass is 9.89. The molecule has 7 heteroatoms. The molecule has 1 amide bonds. The molecule has 4 aromatic rings. The molecule has 0 fully saturated rings. The summed E-state index contributed by atoms with van der Waals surface area (Å²) in [5.41, 5.74) is 5.83. The molecule has 5 nitrogen and oxygen atoms in total. The van der Waals surface area contributed by atoms with Crippen molar-refractivity contribution in [1.29, 1.82) is 0 Å². The summed E-state index contributed by atoms with van der Waals surface area (Å²) in [5.74, 6) is 0.708. The second kappa shape index (κ2) is 9.71. The van der Waals surface area contributed by atoms with Gasteiger partial charge in [-0.1, -0.05) is 48.2 Å². The van der Waals surface area contributed by atoms with E-state index in [0.29, 0.717) is 5.56 Å². The molecule has 1 atom stereocenters. The van der Waals surface area contributed by atoms with Crippen molar-refractivity contribution in [3.05, 3.63) is 99.0 Å². The van der Waals surface area contributed by atoms with E-state index >= 15 is 0 Å². The van der Waals surface area contributed by atoms with Crippen molar-refractivity contribution in [2.75, 3.05) is 0 Å². The van der Waals surface area contributed by atoms with Crippen LogP contribution >= 0.6 is 23.1 Å². The SMILES string of the molecule is O=C(NC(c1ccc2c(c1)CCCC2)c1cccs1)c1ccc(CSc2ncn[nH]2)cc1. The number of nitrogens with one attached hydrogen (secondary N) is 2. The van der Waals surface area contributed by atoms with Crippen LogP contribution in [0.3, 0.4) is 0 Å². The number of fused-ring (bicyclic) bond motifs is 1. The number of carbonyl (C=O) groups is 1. The van der Waals surface area contributed by atoms with Crippen LogP contribution in [0.5, 0.6) is 0 Å². The Kier molecular flexibility index (Phi) is 6.36. The van der Waals surface area contributed by atoms with Crippen LogP contribution in [0.4, 0.5) is 0 Å². The van der Waals surface area contributed by atoms with Crippen LogP contribution in [0.2, 0.25) is 0 Å². The zero-order chi connectivity index (χ0) is 21.8. The molecule has 32 heavy (non-hydrogen) atoms. The minimum absolute atomic E-state index is 0.0597. The number of thioether (sulfide) groups is 1. The van der Waals surface area contributed by atoms with Crippen LogP contribution in [0.25, 0.3) is 0 Å². The summed E-state index contributed by atoms with van der Waals surface area (Å²) >= 11 is 3.26. The predicted molar refractivity (Wildman–Crippen MR) is 129 cm³/mol. The van der Waals surface area contributed by atoms with E-state index in [1.54, 1.807) is 23.1 Å². The van der Waals surface area contributed by atoms with Crippen molar-refractivity contribution >= 4 is 29.0 Å². The van der Waals surface area contributed by atoms with Crippen molar-refractivity contribution in [2.45, 2.75) is 42.6 Å². The zero-order valence-corrected chi connectivity index (χ0v) is 19.2. The van der Waals surface area contributed by atoms with Gasteiger partial charge in [-0.3, -0.25) is 9.89 Å². The maximum Gasteiger partial charge on any atom is 0.252 e. The van der Waals surface area contributed by atoms with Gasteiger partial charge in [0.1, 0.15) is 6.33 Å². The van der Waals surface area contributed by atoms with Crippen LogP contribution in [-0.4, -0.2) is 21.1 Å². The van der Waals surface area contributed by atoms with Crippen LogP contribution in [0, 0.1) is 0 Å². The van der Waals surface area contributed by atoms with Crippen molar-refractivity contribution < 1.29 is 4.79 Å². The number of thiophene rings is 1. The fourth-order valence-corrected chi connectivity index (χ4v) is 5.63. The second-order valence-corrected chi connectivity index (χ2v) is 9.88. The summed E-state index contributed by atoms with van der Waals surface area (Å²) in [5, 5.41) is 12.8. The average molecular weight is 461 g/mol. The lowest BCUT2D eigenvalue weighted by molar-refractivity contribution is 0.0943. The molecule has 0 saturated heterocycles. The minimum Gasteiger partial charge on any atom is -0.340 e. The number of hydrogen-bond donors (Lipinski definition) is 2. The first-order chi connectivity index (χ1) is 15.8. The normalized spacial score (nSPS) is 14.0. The summed E-state index contributed by atoms with van der Waals surface area (Å²) in [6.07, 6.45) is 6.30. The van der Waals surface area contributed by atoms with E-state index in [0.717, 1.165) is 39.8 Å². The number of aryl methyl sites for hydroxylation is 2. The molecule has 2 heterocycles. The third kappa shape index (κ3) is 4.79. The fourth-order valence-electron chi connectivity index (χ4n) is 4.09. The second-order valence-electron chi connectivity index (χ2n) is 7.93. The van der Waals surface area contributed by atoms with Crippen molar-refractivity contribution in [2.24, 2.45) is 0 Å². The lowest BCUT2D eigenvalue weighted by Gasteiger charge is -2.22. The molecule has 0 spiro atoms. The summed E-state index contributed by atoms with van der Waals surface area (Å²) < 4.78 is 0. The number of amides is 1. The first-order valence-electron chi connectivity index (χ1n) is 10.8. The molecular formula is C25H24N4OS2. The van der Waals surface area contributed by atoms with E-state index in [1.807, 2.05) is 30.3 Å². The summed E-state index contributed by atoms with van der Waals surface area (Å²) in [7, 11) is 0. The molecule has 1 aliphatic rings. The van der Waals surface area contributed by atoms with Gasteiger partial charge in [-0.2, -0.15) is 5.10 Å². The van der Waals surface area contributed by atoms with Crippen LogP contribution in [0.15, 0.2) is 71.5 Å². The zero-order valence-electron chi connectivity index (χ0n) is 17.6. The largest absolute Gasteiger partial charge is 0.340 e. The topological polar surface area (TPSA) is 70.7 Å². The molecule has 5 rings (SSSR count). The molecule has 1 aliphatic carbocycles. The number of rotatable bonds is 7. The van der Waals surface area contributed by atoms with E-state index in [4.69, 9.17) is 0 Å². The average Bonchev–Trinajstić information content (AvgIpc) is 3.56. The molecule has 0 aliphatic heterocycles. The molecule has 1 unspecified atom stereocenters. The van der Waals surface area contributed by atoms with Gasteiger partial charge in [-0.05, 0) is 71.5 Å². The Morgan fingerprint density at radius 3 is 2.69 bits per heavy atom. The van der Waals surface area contributed by atoms with Gasteiger partial charge >= 0.3 is 0 Å². The van der Waals surface area contributed by atoms with E-state index < -0.39 is 0 Å². The molecule has 162 valence electrons. The third-order valence-corrected chi connectivity index (χ3v) is 7.68. The molecule has 0 radical (unpaired) electrons. The molecule has 0 saturated carbocycles. The third-order valence-electron chi connectivity index (χ3n) is 5.79. The van der Waals surface area contributed by atoms with Crippen LogP contribution < -0.4 is 5.32 Å². The van der Waals surface area contributed by atoms with Crippen molar-refractivity contribution in [1.82, 2.24) is 20.5 Å². The summed E-state index contributed by atoms with van der Waals surface area (Å²) in [4.78, 5) is 18.4. The van der Waals surface area contributed by atoms with Gasteiger partial charge < -0.3 is 5.32 Å². The predicted octanol–water partition coefficient (Wildman–Crippen LogP) is 5.56. The number of aromatic nitrogens is 3. The molecule has 2 N–H and O–H groups in total. The molecule has 2 aromatic carbocycles. The first kappa shape index (κ1) is 21.0. The standard InChI is InChI=1S/C25H24N4OS2/c30-24(19-9-7-17(8-10-19)15-32-25-26-16-27-29-25)28-23(22-6-3-13-31-22)21-12-11-18-4-1-2-5-20(18)14-21/h3,6-14,16,23H,1-2,4-5,15H2,(H,28,30)(H,26,27,29). The van der Waals surface area contributed by atoms with Crippen LogP contribution in [0.1, 0.15) is 56.4 Å². The number of aromatic amines is 1. The highest BCUT2D eigenvalue weighted by molar-refractivity contribution is 7.98. The first-order valence-corrected chi connectivity index (χ1v) is 12.7. The van der Waals surface area contributed by atoms with E-state index in [9.17, 15) is 4.79 Å². The van der Waals surface area contributed by atoms with E-state index in [2.05, 4.69) is 50.1 Å². The van der Waals surface area contributed by atoms with Crippen molar-refractivity contribution in [3.63, 3.8) is 0 Å². The van der Waals surface area contributed by atoms with Gasteiger partial charge in [-0.15, -0.1) is 11.3 Å². The lowest BCUT2D eigenvalue weighted by Crippen LogP contribution is -2.29. The maximum atomic E-state index is 13.1. The highest BCUT2D eigenvalue weighted by Crippen LogP contribution is 2.30. The highest BCUT2D eigenvalue weighted by Gasteiger charge is 2.21. The Balaban J connectivity index is 1.32. The van der Waals surface area contributed by atoms with Gasteiger partial charge in [-0.25, -0.2) is 4.98 Å². The minimum atomic E-state index is -0.142. The number of carbonyl (C=O) groups excluding carboxylic acids is 1. The Morgan fingerprint density at radius 2 is 1.94 bits per heavy atom. The number of benzene rings is 2. The van der Waals surface area contributed by atoms with Gasteiger partial charge in [0.2, 0.25) is 0 Å². The highest BCUT2D eigenvalue weighted by atomic mass is 32.2. The van der Waals surface area contributed by atoms with E-state index in [-0.39, 0.29) is 11.9 Å². The monoisotopic (exact) mass is 460 g/mol. The maximum absolute atomic E-state index is 13.1. The fraction of sp³-hybridized carbons (Fsp3) is 0.240. The van der Waals surface area contributed by atoms with Gasteiger partial charge in [0.15, 0.2) is 5.16 Å². The smallest absolute Gasteiger partial charge is 0.252 e. The number of nitrogens with zero attached hydrogens (tertiary/aromatic N) is 2. The van der Waals surface area contributed by atoms with Gasteiger partial charge in [0.25, 0.3) is 5.91 Å². The van der Waals surface area contributed by atoms with E-state index in [1.165, 1.54) is 30.3 Å². The summed E-state index contributed by atoms with van der Waals surface area (Å²) in [6.45, 7) is 0. The Morgan fingerprint density at radius 1 is 1.09 bits per heavy atom. The summed E-state index contributed by atoms with van der Waals surface area (Å²) in [6, 6.07) is 18.5. The van der Waals surface area contributed by atoms with Crippen molar-refractivity contribution in [3.8, 4) is 0 Å². The Labute approximate surface area is 195 Å². The molecular weight excluding hydrogens is 436 g/mol. The molecule has 2 aromatic heterocycles. The number of H-pyrrole nitrogens is 1. The van der Waals surface area contributed by atoms with Gasteiger partial charge in [0.05, 0.1) is 6.04 Å². The van der Waals surface area contributed by atoms with Crippen LogP contribution in [-0.2, 0) is 18.6 Å². The van der Waals surface area contributed by atoms with Gasteiger partial charge in [0, 0.05) is 16.2 Å².